The predicted molar refractivity (Wildman–Crippen MR) is 75.2 cm³/mol. The minimum Gasteiger partial charge on any atom is -0.381 e. The van der Waals surface area contributed by atoms with Gasteiger partial charge in [0.05, 0.1) is 10.6 Å². The second kappa shape index (κ2) is 5.04. The molecule has 20 heavy (non-hydrogen) atoms. The molecule has 8 heteroatoms. The number of hydrogen-bond donors (Lipinski definition) is 1. The summed E-state index contributed by atoms with van der Waals surface area (Å²) in [7, 11) is 0. The summed E-state index contributed by atoms with van der Waals surface area (Å²) >= 11 is 1.57. The summed E-state index contributed by atoms with van der Waals surface area (Å²) in [5.74, 6) is 1.75. The van der Waals surface area contributed by atoms with E-state index in [0.29, 0.717) is 24.1 Å². The fraction of sp³-hybridized carbons (Fsp3) is 0.333. The standard InChI is InChI=1S/C12H14N6OS/c1-7(2)10-11(13)15-17-18(10)6-9-14-12(16-19-9)8-4-3-5-20-8/h3-5,7H,6,13H2,1-2H3. The first kappa shape index (κ1) is 12.8. The molecule has 3 aromatic heterocycles. The molecule has 0 bridgehead atoms. The van der Waals surface area contributed by atoms with Crippen LogP contribution >= 0.6 is 11.3 Å². The van der Waals surface area contributed by atoms with Gasteiger partial charge in [0.2, 0.25) is 11.7 Å². The van der Waals surface area contributed by atoms with Gasteiger partial charge in [0, 0.05) is 0 Å². The van der Waals surface area contributed by atoms with Crippen LogP contribution in [0.4, 0.5) is 5.82 Å². The first-order valence-corrected chi connectivity index (χ1v) is 7.08. The second-order valence-electron chi connectivity index (χ2n) is 4.66. The molecule has 0 aliphatic rings. The van der Waals surface area contributed by atoms with Crippen molar-refractivity contribution in [3.63, 3.8) is 0 Å². The molecule has 0 unspecified atom stereocenters. The molecule has 0 fully saturated rings. The molecule has 0 aromatic carbocycles. The molecule has 3 aromatic rings. The van der Waals surface area contributed by atoms with Gasteiger partial charge in [-0.3, -0.25) is 0 Å². The lowest BCUT2D eigenvalue weighted by Crippen LogP contribution is -2.09. The van der Waals surface area contributed by atoms with Gasteiger partial charge in [-0.2, -0.15) is 4.98 Å². The third-order valence-corrected chi connectivity index (χ3v) is 3.71. The molecule has 0 radical (unpaired) electrons. The Morgan fingerprint density at radius 1 is 1.45 bits per heavy atom. The lowest BCUT2D eigenvalue weighted by atomic mass is 10.1. The third-order valence-electron chi connectivity index (χ3n) is 2.84. The highest BCUT2D eigenvalue weighted by Crippen LogP contribution is 2.23. The maximum Gasteiger partial charge on any atom is 0.248 e. The smallest absolute Gasteiger partial charge is 0.248 e. The van der Waals surface area contributed by atoms with Crippen LogP contribution in [0.2, 0.25) is 0 Å². The van der Waals surface area contributed by atoms with Crippen LogP contribution in [0.15, 0.2) is 22.0 Å². The summed E-state index contributed by atoms with van der Waals surface area (Å²) in [4.78, 5) is 5.34. The van der Waals surface area contributed by atoms with E-state index in [1.807, 2.05) is 31.4 Å². The molecule has 0 atom stereocenters. The van der Waals surface area contributed by atoms with Gasteiger partial charge in [-0.25, -0.2) is 4.68 Å². The summed E-state index contributed by atoms with van der Waals surface area (Å²) in [6.07, 6.45) is 0. The maximum absolute atomic E-state index is 5.82. The molecule has 3 heterocycles. The van der Waals surface area contributed by atoms with E-state index in [0.717, 1.165) is 10.6 Å². The number of aromatic nitrogens is 5. The molecule has 2 N–H and O–H groups in total. The quantitative estimate of drug-likeness (QED) is 0.791. The van der Waals surface area contributed by atoms with E-state index < -0.39 is 0 Å². The van der Waals surface area contributed by atoms with E-state index in [2.05, 4.69) is 20.5 Å². The van der Waals surface area contributed by atoms with E-state index in [1.165, 1.54) is 0 Å². The third kappa shape index (κ3) is 2.29. The highest BCUT2D eigenvalue weighted by molar-refractivity contribution is 7.13. The number of nitrogens with zero attached hydrogens (tertiary/aromatic N) is 5. The van der Waals surface area contributed by atoms with E-state index in [9.17, 15) is 0 Å². The van der Waals surface area contributed by atoms with Crippen LogP contribution in [0.25, 0.3) is 10.7 Å². The number of nitrogen functional groups attached to an aromatic ring is 1. The Labute approximate surface area is 119 Å². The Kier molecular flexibility index (Phi) is 3.23. The Morgan fingerprint density at radius 2 is 2.30 bits per heavy atom. The summed E-state index contributed by atoms with van der Waals surface area (Å²) in [6.45, 7) is 4.45. The van der Waals surface area contributed by atoms with E-state index >= 15 is 0 Å². The van der Waals surface area contributed by atoms with Crippen LogP contribution in [0.1, 0.15) is 31.4 Å². The van der Waals surface area contributed by atoms with E-state index in [-0.39, 0.29) is 5.92 Å². The van der Waals surface area contributed by atoms with Crippen LogP contribution < -0.4 is 5.73 Å². The lowest BCUT2D eigenvalue weighted by molar-refractivity contribution is 0.362. The number of thiophene rings is 1. The largest absolute Gasteiger partial charge is 0.381 e. The Bertz CT molecular complexity index is 699. The van der Waals surface area contributed by atoms with Crippen molar-refractivity contribution in [2.45, 2.75) is 26.3 Å². The first-order chi connectivity index (χ1) is 9.65. The molecular formula is C12H14N6OS. The van der Waals surface area contributed by atoms with Gasteiger partial charge in [0.15, 0.2) is 5.82 Å². The molecule has 3 rings (SSSR count). The number of hydrogen-bond acceptors (Lipinski definition) is 7. The SMILES string of the molecule is CC(C)c1c(N)nnn1Cc1nc(-c2cccs2)no1. The first-order valence-electron chi connectivity index (χ1n) is 6.20. The molecule has 0 aliphatic heterocycles. The number of nitrogens with two attached hydrogens (primary N) is 1. The topological polar surface area (TPSA) is 95.7 Å². The van der Waals surface area contributed by atoms with Crippen LogP contribution in [-0.2, 0) is 6.54 Å². The highest BCUT2D eigenvalue weighted by atomic mass is 32.1. The number of rotatable bonds is 4. The normalized spacial score (nSPS) is 11.3. The molecule has 104 valence electrons. The van der Waals surface area contributed by atoms with Crippen LogP contribution in [0.3, 0.4) is 0 Å². The summed E-state index contributed by atoms with van der Waals surface area (Å²) < 4.78 is 6.95. The summed E-state index contributed by atoms with van der Waals surface area (Å²) in [6, 6.07) is 3.90. The van der Waals surface area contributed by atoms with Gasteiger partial charge in [0.25, 0.3) is 0 Å². The Balaban J connectivity index is 1.85. The van der Waals surface area contributed by atoms with Crippen molar-refractivity contribution in [3.8, 4) is 10.7 Å². The molecule has 0 spiro atoms. The fourth-order valence-electron chi connectivity index (χ4n) is 2.00. The average molecular weight is 290 g/mol. The summed E-state index contributed by atoms with van der Waals surface area (Å²) in [5.41, 5.74) is 6.69. The molecule has 0 aliphatic carbocycles. The van der Waals surface area contributed by atoms with Crippen LogP contribution in [0.5, 0.6) is 0 Å². The van der Waals surface area contributed by atoms with Gasteiger partial charge in [0.1, 0.15) is 6.54 Å². The van der Waals surface area contributed by atoms with Crippen molar-refractivity contribution in [2.75, 3.05) is 5.73 Å². The molecule has 0 saturated carbocycles. The number of anilines is 1. The maximum atomic E-state index is 5.82. The lowest BCUT2D eigenvalue weighted by Gasteiger charge is -2.06. The van der Waals surface area contributed by atoms with Crippen molar-refractivity contribution >= 4 is 17.2 Å². The Hall–Kier alpha value is -2.22. The molecule has 7 nitrogen and oxygen atoms in total. The monoisotopic (exact) mass is 290 g/mol. The van der Waals surface area contributed by atoms with E-state index in [4.69, 9.17) is 10.3 Å². The van der Waals surface area contributed by atoms with Gasteiger partial charge < -0.3 is 10.3 Å². The summed E-state index contributed by atoms with van der Waals surface area (Å²) in [5, 5.41) is 13.9. The zero-order valence-corrected chi connectivity index (χ0v) is 12.0. The van der Waals surface area contributed by atoms with Crippen molar-refractivity contribution in [2.24, 2.45) is 0 Å². The predicted octanol–water partition coefficient (Wildman–Crippen LogP) is 2.14. The zero-order valence-electron chi connectivity index (χ0n) is 11.1. The van der Waals surface area contributed by atoms with Gasteiger partial charge in [-0.05, 0) is 17.4 Å². The van der Waals surface area contributed by atoms with Crippen molar-refractivity contribution < 1.29 is 4.52 Å². The minimum absolute atomic E-state index is 0.227. The van der Waals surface area contributed by atoms with Gasteiger partial charge in [-0.15, -0.1) is 16.4 Å². The van der Waals surface area contributed by atoms with Crippen molar-refractivity contribution in [1.82, 2.24) is 25.1 Å². The van der Waals surface area contributed by atoms with Crippen LogP contribution in [0, 0.1) is 0 Å². The Morgan fingerprint density at radius 3 is 3.00 bits per heavy atom. The van der Waals surface area contributed by atoms with Gasteiger partial charge >= 0.3 is 0 Å². The molecule has 0 amide bonds. The van der Waals surface area contributed by atoms with Crippen LogP contribution in [-0.4, -0.2) is 25.1 Å². The second-order valence-corrected chi connectivity index (χ2v) is 5.61. The minimum atomic E-state index is 0.227. The van der Waals surface area contributed by atoms with E-state index in [1.54, 1.807) is 16.0 Å². The van der Waals surface area contributed by atoms with Crippen molar-refractivity contribution in [3.05, 3.63) is 29.1 Å². The van der Waals surface area contributed by atoms with Gasteiger partial charge in [-0.1, -0.05) is 30.3 Å². The average Bonchev–Trinajstić information content (AvgIpc) is 3.10. The molecule has 0 saturated heterocycles. The molecular weight excluding hydrogens is 276 g/mol. The van der Waals surface area contributed by atoms with Crippen molar-refractivity contribution in [1.29, 1.82) is 0 Å². The highest BCUT2D eigenvalue weighted by Gasteiger charge is 2.17. The zero-order chi connectivity index (χ0) is 14.1. The fourth-order valence-corrected chi connectivity index (χ4v) is 2.65.